The maximum atomic E-state index is 4.21. The van der Waals surface area contributed by atoms with Crippen LogP contribution in [0.1, 0.15) is 37.2 Å². The summed E-state index contributed by atoms with van der Waals surface area (Å²) in [5, 5.41) is 14.2. The molecule has 0 radical (unpaired) electrons. The van der Waals surface area contributed by atoms with Crippen LogP contribution in [0.2, 0.25) is 0 Å². The van der Waals surface area contributed by atoms with Crippen LogP contribution < -0.4 is 10.6 Å². The van der Waals surface area contributed by atoms with Crippen LogP contribution in [-0.4, -0.2) is 35.9 Å². The molecule has 1 aromatic heterocycles. The Labute approximate surface area is 105 Å². The summed E-state index contributed by atoms with van der Waals surface area (Å²) in [5.74, 6) is 0. The molecule has 0 aliphatic heterocycles. The zero-order valence-electron chi connectivity index (χ0n) is 11.6. The number of aryl methyl sites for hydroxylation is 2. The van der Waals surface area contributed by atoms with E-state index in [9.17, 15) is 0 Å². The Bertz CT molecular complexity index is 300. The SMILES string of the molecule is CCCNCC(C)NCCc1c(C)n[nH]c1C. The van der Waals surface area contributed by atoms with Crippen LogP contribution in [0, 0.1) is 13.8 Å². The quantitative estimate of drug-likeness (QED) is 0.602. The molecule has 4 nitrogen and oxygen atoms in total. The molecule has 17 heavy (non-hydrogen) atoms. The van der Waals surface area contributed by atoms with Crippen LogP contribution in [0.25, 0.3) is 0 Å². The third-order valence-corrected chi connectivity index (χ3v) is 3.03. The molecule has 3 N–H and O–H groups in total. The van der Waals surface area contributed by atoms with Crippen LogP contribution in [0.4, 0.5) is 0 Å². The highest BCUT2D eigenvalue weighted by Crippen LogP contribution is 2.09. The van der Waals surface area contributed by atoms with Gasteiger partial charge in [0.2, 0.25) is 0 Å². The Morgan fingerprint density at radius 1 is 1.29 bits per heavy atom. The first-order valence-corrected chi connectivity index (χ1v) is 6.59. The largest absolute Gasteiger partial charge is 0.315 e. The van der Waals surface area contributed by atoms with Gasteiger partial charge in [0, 0.05) is 18.3 Å². The molecular weight excluding hydrogens is 212 g/mol. The maximum absolute atomic E-state index is 4.21. The number of nitrogens with one attached hydrogen (secondary N) is 3. The molecule has 4 heteroatoms. The molecule has 1 heterocycles. The van der Waals surface area contributed by atoms with Crippen molar-refractivity contribution in [1.29, 1.82) is 0 Å². The predicted octanol–water partition coefficient (Wildman–Crippen LogP) is 1.55. The normalized spacial score (nSPS) is 12.9. The van der Waals surface area contributed by atoms with Crippen molar-refractivity contribution in [2.24, 2.45) is 0 Å². The van der Waals surface area contributed by atoms with E-state index in [1.54, 1.807) is 0 Å². The van der Waals surface area contributed by atoms with Crippen LogP contribution in [0.3, 0.4) is 0 Å². The number of rotatable bonds is 8. The van der Waals surface area contributed by atoms with Gasteiger partial charge in [0.05, 0.1) is 5.69 Å². The molecule has 0 saturated carbocycles. The Balaban J connectivity index is 2.19. The van der Waals surface area contributed by atoms with Crippen LogP contribution >= 0.6 is 0 Å². The van der Waals surface area contributed by atoms with Gasteiger partial charge in [0.1, 0.15) is 0 Å². The molecule has 0 aliphatic carbocycles. The van der Waals surface area contributed by atoms with Crippen molar-refractivity contribution in [1.82, 2.24) is 20.8 Å². The molecule has 0 aliphatic rings. The van der Waals surface area contributed by atoms with E-state index in [-0.39, 0.29) is 0 Å². The first-order chi connectivity index (χ1) is 8.15. The van der Waals surface area contributed by atoms with Crippen molar-refractivity contribution in [2.75, 3.05) is 19.6 Å². The van der Waals surface area contributed by atoms with Crippen molar-refractivity contribution in [3.63, 3.8) is 0 Å². The van der Waals surface area contributed by atoms with E-state index in [4.69, 9.17) is 0 Å². The summed E-state index contributed by atoms with van der Waals surface area (Å²) in [6.07, 6.45) is 2.24. The highest BCUT2D eigenvalue weighted by atomic mass is 15.1. The summed E-state index contributed by atoms with van der Waals surface area (Å²) in [4.78, 5) is 0. The van der Waals surface area contributed by atoms with Gasteiger partial charge < -0.3 is 10.6 Å². The average molecular weight is 238 g/mol. The average Bonchev–Trinajstić information content (AvgIpc) is 2.61. The van der Waals surface area contributed by atoms with Gasteiger partial charge in [-0.2, -0.15) is 5.10 Å². The lowest BCUT2D eigenvalue weighted by molar-refractivity contribution is 0.504. The van der Waals surface area contributed by atoms with E-state index in [1.165, 1.54) is 17.7 Å². The Kier molecular flexibility index (Phi) is 6.22. The second kappa shape index (κ2) is 7.45. The van der Waals surface area contributed by atoms with Crippen LogP contribution in [0.5, 0.6) is 0 Å². The number of nitrogens with zero attached hydrogens (tertiary/aromatic N) is 1. The topological polar surface area (TPSA) is 52.7 Å². The van der Waals surface area contributed by atoms with Gasteiger partial charge in [0.25, 0.3) is 0 Å². The predicted molar refractivity (Wildman–Crippen MR) is 72.4 cm³/mol. The number of aromatic nitrogens is 2. The maximum Gasteiger partial charge on any atom is 0.0626 e. The first kappa shape index (κ1) is 14.2. The first-order valence-electron chi connectivity index (χ1n) is 6.59. The number of hydrogen-bond acceptors (Lipinski definition) is 3. The molecule has 0 saturated heterocycles. The lowest BCUT2D eigenvalue weighted by Crippen LogP contribution is -2.37. The molecule has 1 aromatic rings. The number of H-pyrrole nitrogens is 1. The molecule has 1 atom stereocenters. The Morgan fingerprint density at radius 2 is 2.06 bits per heavy atom. The fourth-order valence-electron chi connectivity index (χ4n) is 1.95. The van der Waals surface area contributed by atoms with E-state index < -0.39 is 0 Å². The smallest absolute Gasteiger partial charge is 0.0626 e. The third-order valence-electron chi connectivity index (χ3n) is 3.03. The van der Waals surface area contributed by atoms with Crippen LogP contribution in [-0.2, 0) is 6.42 Å². The fraction of sp³-hybridized carbons (Fsp3) is 0.769. The van der Waals surface area contributed by atoms with Crippen molar-refractivity contribution in [2.45, 2.75) is 46.6 Å². The van der Waals surface area contributed by atoms with E-state index in [2.05, 4.69) is 48.5 Å². The van der Waals surface area contributed by atoms with Gasteiger partial charge in [-0.15, -0.1) is 0 Å². The summed E-state index contributed by atoms with van der Waals surface area (Å²) in [6.45, 7) is 11.7. The third kappa shape index (κ3) is 4.88. The molecule has 1 rings (SSSR count). The lowest BCUT2D eigenvalue weighted by atomic mass is 10.1. The highest BCUT2D eigenvalue weighted by molar-refractivity contribution is 5.23. The Hall–Kier alpha value is -0.870. The fourth-order valence-corrected chi connectivity index (χ4v) is 1.95. The van der Waals surface area contributed by atoms with Crippen molar-refractivity contribution in [3.8, 4) is 0 Å². The molecule has 1 unspecified atom stereocenters. The summed E-state index contributed by atoms with van der Waals surface area (Å²) in [5.41, 5.74) is 3.67. The molecule has 0 amide bonds. The van der Waals surface area contributed by atoms with E-state index in [1.807, 2.05) is 0 Å². The second-order valence-electron chi connectivity index (χ2n) is 4.72. The van der Waals surface area contributed by atoms with Gasteiger partial charge in [0.15, 0.2) is 0 Å². The van der Waals surface area contributed by atoms with Gasteiger partial charge in [-0.3, -0.25) is 5.10 Å². The lowest BCUT2D eigenvalue weighted by Gasteiger charge is -2.14. The summed E-state index contributed by atoms with van der Waals surface area (Å²) in [6, 6.07) is 0.522. The van der Waals surface area contributed by atoms with E-state index >= 15 is 0 Å². The minimum absolute atomic E-state index is 0.522. The van der Waals surface area contributed by atoms with Gasteiger partial charge in [-0.25, -0.2) is 0 Å². The van der Waals surface area contributed by atoms with Gasteiger partial charge >= 0.3 is 0 Å². The number of aromatic amines is 1. The molecule has 0 spiro atoms. The Morgan fingerprint density at radius 3 is 2.65 bits per heavy atom. The van der Waals surface area contributed by atoms with Crippen molar-refractivity contribution < 1.29 is 0 Å². The van der Waals surface area contributed by atoms with E-state index in [0.717, 1.165) is 31.7 Å². The van der Waals surface area contributed by atoms with E-state index in [0.29, 0.717) is 6.04 Å². The minimum Gasteiger partial charge on any atom is -0.315 e. The number of hydrogen-bond donors (Lipinski definition) is 3. The minimum atomic E-state index is 0.522. The van der Waals surface area contributed by atoms with Crippen molar-refractivity contribution >= 4 is 0 Å². The summed E-state index contributed by atoms with van der Waals surface area (Å²) >= 11 is 0. The molecule has 0 fully saturated rings. The summed E-state index contributed by atoms with van der Waals surface area (Å²) < 4.78 is 0. The molecular formula is C13H26N4. The van der Waals surface area contributed by atoms with Gasteiger partial charge in [-0.1, -0.05) is 6.92 Å². The monoisotopic (exact) mass is 238 g/mol. The van der Waals surface area contributed by atoms with Crippen LogP contribution in [0.15, 0.2) is 0 Å². The summed E-state index contributed by atoms with van der Waals surface area (Å²) in [7, 11) is 0. The molecule has 0 bridgehead atoms. The zero-order chi connectivity index (χ0) is 12.7. The molecule has 0 aromatic carbocycles. The van der Waals surface area contributed by atoms with Gasteiger partial charge in [-0.05, 0) is 52.3 Å². The second-order valence-corrected chi connectivity index (χ2v) is 4.72. The highest BCUT2D eigenvalue weighted by Gasteiger charge is 2.06. The zero-order valence-corrected chi connectivity index (χ0v) is 11.6. The standard InChI is InChI=1S/C13H26N4/c1-5-7-14-9-10(2)15-8-6-13-11(3)16-17-12(13)4/h10,14-15H,5-9H2,1-4H3,(H,16,17). The molecule has 98 valence electrons. The van der Waals surface area contributed by atoms with Crippen molar-refractivity contribution in [3.05, 3.63) is 17.0 Å².